The van der Waals surface area contributed by atoms with Crippen LogP contribution in [0.5, 0.6) is 0 Å². The van der Waals surface area contributed by atoms with Crippen molar-refractivity contribution in [1.82, 2.24) is 0 Å². The number of rotatable bonds is 0. The van der Waals surface area contributed by atoms with E-state index in [1.165, 1.54) is 0 Å². The molecule has 0 heterocycles. The van der Waals surface area contributed by atoms with Gasteiger partial charge in [0.2, 0.25) is 0 Å². The molecule has 0 bridgehead atoms. The van der Waals surface area contributed by atoms with Crippen LogP contribution in [0.4, 0.5) is 0 Å². The second-order valence-electron chi connectivity index (χ2n) is 2.19. The minimum absolute atomic E-state index is 0.387. The molecular formula is C6H9Cl2. The molecule has 47 valence electrons. The van der Waals surface area contributed by atoms with Gasteiger partial charge in [0, 0.05) is 5.38 Å². The third-order valence-corrected chi connectivity index (χ3v) is 2.27. The van der Waals surface area contributed by atoms with Gasteiger partial charge in [-0.25, -0.2) is 0 Å². The normalized spacial score (nSPS) is 26.2. The Morgan fingerprint density at radius 1 is 1.25 bits per heavy atom. The van der Waals surface area contributed by atoms with Crippen LogP contribution in [-0.4, -0.2) is 5.38 Å². The van der Waals surface area contributed by atoms with Gasteiger partial charge < -0.3 is 0 Å². The first kappa shape index (κ1) is 6.70. The first-order chi connectivity index (χ1) is 3.79. The van der Waals surface area contributed by atoms with Gasteiger partial charge in [-0.1, -0.05) is 0 Å². The highest BCUT2D eigenvalue weighted by Gasteiger charge is 2.17. The lowest BCUT2D eigenvalue weighted by atomic mass is 10.00. The van der Waals surface area contributed by atoms with Gasteiger partial charge in [0.25, 0.3) is 0 Å². The maximum absolute atomic E-state index is 5.81. The van der Waals surface area contributed by atoms with E-state index in [1.807, 2.05) is 0 Å². The maximum Gasteiger partial charge on any atom is 0.0639 e. The molecule has 0 amide bonds. The lowest BCUT2D eigenvalue weighted by molar-refractivity contribution is 0.583. The molecule has 1 radical (unpaired) electrons. The summed E-state index contributed by atoms with van der Waals surface area (Å²) in [5.74, 6) is 0. The van der Waals surface area contributed by atoms with Crippen LogP contribution in [0.15, 0.2) is 0 Å². The molecule has 0 aromatic heterocycles. The summed E-state index contributed by atoms with van der Waals surface area (Å²) in [6.45, 7) is 0. The molecule has 8 heavy (non-hydrogen) atoms. The van der Waals surface area contributed by atoms with Crippen molar-refractivity contribution in [3.63, 3.8) is 0 Å². The van der Waals surface area contributed by atoms with Crippen LogP contribution in [0.25, 0.3) is 0 Å². The SMILES string of the molecule is Cl[C]1CCC(Cl)CC1. The first-order valence-corrected chi connectivity index (χ1v) is 3.75. The van der Waals surface area contributed by atoms with Crippen LogP contribution in [-0.2, 0) is 0 Å². The van der Waals surface area contributed by atoms with E-state index < -0.39 is 0 Å². The number of halogens is 2. The van der Waals surface area contributed by atoms with Crippen molar-refractivity contribution in [3.8, 4) is 0 Å². The minimum atomic E-state index is 0.387. The van der Waals surface area contributed by atoms with Crippen molar-refractivity contribution in [2.75, 3.05) is 0 Å². The zero-order chi connectivity index (χ0) is 5.98. The van der Waals surface area contributed by atoms with Crippen LogP contribution in [0.1, 0.15) is 25.7 Å². The smallest absolute Gasteiger partial charge is 0.0639 e. The highest BCUT2D eigenvalue weighted by atomic mass is 35.5. The predicted molar refractivity (Wildman–Crippen MR) is 37.2 cm³/mol. The van der Waals surface area contributed by atoms with Gasteiger partial charge in [0.1, 0.15) is 0 Å². The molecule has 0 N–H and O–H groups in total. The summed E-state index contributed by atoms with van der Waals surface area (Å²) in [5.41, 5.74) is 0. The maximum atomic E-state index is 5.81. The zero-order valence-electron chi connectivity index (χ0n) is 4.66. The molecular weight excluding hydrogens is 143 g/mol. The number of hydrogen-bond acceptors (Lipinski definition) is 0. The first-order valence-electron chi connectivity index (χ1n) is 2.93. The Kier molecular flexibility index (Phi) is 2.45. The second kappa shape index (κ2) is 2.93. The molecule has 1 aliphatic rings. The fourth-order valence-electron chi connectivity index (χ4n) is 0.896. The molecule has 0 spiro atoms. The van der Waals surface area contributed by atoms with Gasteiger partial charge in [-0.3, -0.25) is 0 Å². The molecule has 1 fully saturated rings. The monoisotopic (exact) mass is 151 g/mol. The zero-order valence-corrected chi connectivity index (χ0v) is 6.17. The molecule has 0 saturated heterocycles. The molecule has 0 atom stereocenters. The summed E-state index contributed by atoms with van der Waals surface area (Å²) < 4.78 is 0. The van der Waals surface area contributed by atoms with Gasteiger partial charge >= 0.3 is 0 Å². The Hall–Kier alpha value is 0.580. The van der Waals surface area contributed by atoms with Gasteiger partial charge in [0.15, 0.2) is 0 Å². The van der Waals surface area contributed by atoms with Gasteiger partial charge in [-0.05, 0) is 25.7 Å². The van der Waals surface area contributed by atoms with Crippen LogP contribution >= 0.6 is 23.2 Å². The second-order valence-corrected chi connectivity index (χ2v) is 3.34. The molecule has 0 aromatic rings. The van der Waals surface area contributed by atoms with E-state index in [-0.39, 0.29) is 0 Å². The molecule has 0 aliphatic heterocycles. The van der Waals surface area contributed by atoms with Crippen LogP contribution in [0.3, 0.4) is 0 Å². The average molecular weight is 152 g/mol. The molecule has 0 aromatic carbocycles. The van der Waals surface area contributed by atoms with Crippen molar-refractivity contribution in [2.45, 2.75) is 31.1 Å². The van der Waals surface area contributed by atoms with Crippen LogP contribution < -0.4 is 0 Å². The van der Waals surface area contributed by atoms with Gasteiger partial charge in [-0.15, -0.1) is 23.2 Å². The fourth-order valence-corrected chi connectivity index (χ4v) is 1.33. The topological polar surface area (TPSA) is 0 Å². The third-order valence-electron chi connectivity index (χ3n) is 1.46. The van der Waals surface area contributed by atoms with E-state index in [0.717, 1.165) is 31.1 Å². The summed E-state index contributed by atoms with van der Waals surface area (Å²) in [6.07, 6.45) is 4.19. The largest absolute Gasteiger partial charge is 0.123 e. The standard InChI is InChI=1S/C6H9Cl2/c7-5-1-2-6(8)4-3-5/h5H,1-4H2. The molecule has 0 nitrogen and oxygen atoms in total. The van der Waals surface area contributed by atoms with Crippen molar-refractivity contribution in [3.05, 3.63) is 5.38 Å². The van der Waals surface area contributed by atoms with E-state index in [9.17, 15) is 0 Å². The Morgan fingerprint density at radius 2 is 1.75 bits per heavy atom. The molecule has 1 saturated carbocycles. The molecule has 1 rings (SSSR count). The Balaban J connectivity index is 2.19. The van der Waals surface area contributed by atoms with Crippen molar-refractivity contribution in [1.29, 1.82) is 0 Å². The molecule has 1 aliphatic carbocycles. The van der Waals surface area contributed by atoms with Crippen molar-refractivity contribution >= 4 is 23.2 Å². The summed E-state index contributed by atoms with van der Waals surface area (Å²) in [4.78, 5) is 0. The quantitative estimate of drug-likeness (QED) is 0.468. The lowest BCUT2D eigenvalue weighted by Gasteiger charge is -2.18. The molecule has 0 unspecified atom stereocenters. The van der Waals surface area contributed by atoms with Gasteiger partial charge in [0.05, 0.1) is 5.38 Å². The summed E-state index contributed by atoms with van der Waals surface area (Å²) in [6, 6.07) is 0. The minimum Gasteiger partial charge on any atom is -0.123 e. The Bertz CT molecular complexity index is 54.9. The highest BCUT2D eigenvalue weighted by Crippen LogP contribution is 2.31. The van der Waals surface area contributed by atoms with Crippen molar-refractivity contribution < 1.29 is 0 Å². The summed E-state index contributed by atoms with van der Waals surface area (Å²) in [7, 11) is 0. The predicted octanol–water partition coefficient (Wildman–Crippen LogP) is 2.94. The lowest BCUT2D eigenvalue weighted by Crippen LogP contribution is -2.08. The van der Waals surface area contributed by atoms with Crippen LogP contribution in [0.2, 0.25) is 0 Å². The summed E-state index contributed by atoms with van der Waals surface area (Å²) in [5, 5.41) is 1.49. The molecule has 2 heteroatoms. The third kappa shape index (κ3) is 1.83. The van der Waals surface area contributed by atoms with E-state index in [0.29, 0.717) is 5.38 Å². The fraction of sp³-hybridized carbons (Fsp3) is 0.833. The number of alkyl halides is 1. The van der Waals surface area contributed by atoms with E-state index >= 15 is 0 Å². The van der Waals surface area contributed by atoms with E-state index in [2.05, 4.69) is 0 Å². The van der Waals surface area contributed by atoms with Crippen LogP contribution in [0, 0.1) is 5.38 Å². The number of hydrogen-bond donors (Lipinski definition) is 0. The highest BCUT2D eigenvalue weighted by molar-refractivity contribution is 6.27. The summed E-state index contributed by atoms with van der Waals surface area (Å²) >= 11 is 11.5. The van der Waals surface area contributed by atoms with E-state index in [4.69, 9.17) is 23.2 Å². The average Bonchev–Trinajstić information content (AvgIpc) is 1.77. The Labute approximate surface area is 60.2 Å². The Morgan fingerprint density at radius 3 is 2.12 bits per heavy atom. The van der Waals surface area contributed by atoms with Crippen molar-refractivity contribution in [2.24, 2.45) is 0 Å². The van der Waals surface area contributed by atoms with Gasteiger partial charge in [-0.2, -0.15) is 0 Å². The van der Waals surface area contributed by atoms with E-state index in [1.54, 1.807) is 0 Å².